The Morgan fingerprint density at radius 2 is 2.31 bits per heavy atom. The highest BCUT2D eigenvalue weighted by atomic mass is 16.3. The zero-order valence-electron chi connectivity index (χ0n) is 9.52. The molecule has 90 valence electrons. The van der Waals surface area contributed by atoms with Crippen LogP contribution in [0.4, 0.5) is 0 Å². The van der Waals surface area contributed by atoms with Crippen molar-refractivity contribution in [1.82, 2.24) is 20.4 Å². The predicted molar refractivity (Wildman–Crippen MR) is 62.0 cm³/mol. The molecule has 5 heteroatoms. The molecule has 1 aromatic heterocycles. The van der Waals surface area contributed by atoms with Crippen LogP contribution in [0.25, 0.3) is 0 Å². The Hall–Kier alpha value is -0.910. The molecule has 0 amide bonds. The summed E-state index contributed by atoms with van der Waals surface area (Å²) in [4.78, 5) is 2.32. The summed E-state index contributed by atoms with van der Waals surface area (Å²) in [7, 11) is 0. The third-order valence-corrected chi connectivity index (χ3v) is 2.92. The zero-order chi connectivity index (χ0) is 11.2. The van der Waals surface area contributed by atoms with Crippen LogP contribution in [0.3, 0.4) is 0 Å². The average Bonchev–Trinajstić information content (AvgIpc) is 2.90. The number of aliphatic hydroxyl groups excluding tert-OH is 1. The van der Waals surface area contributed by atoms with E-state index in [1.807, 2.05) is 6.07 Å². The van der Waals surface area contributed by atoms with Gasteiger partial charge in [-0.3, -0.25) is 5.10 Å². The lowest BCUT2D eigenvalue weighted by molar-refractivity contribution is 0.123. The highest BCUT2D eigenvalue weighted by Crippen LogP contribution is 2.07. The molecule has 1 saturated heterocycles. The summed E-state index contributed by atoms with van der Waals surface area (Å²) in [5.41, 5.74) is 1.05. The van der Waals surface area contributed by atoms with Crippen molar-refractivity contribution in [2.45, 2.75) is 25.5 Å². The van der Waals surface area contributed by atoms with Gasteiger partial charge < -0.3 is 15.3 Å². The van der Waals surface area contributed by atoms with Gasteiger partial charge in [-0.05, 0) is 32.0 Å². The minimum atomic E-state index is -0.277. The Kier molecular flexibility index (Phi) is 4.33. The normalized spacial score (nSPS) is 19.1. The molecule has 1 aliphatic rings. The third-order valence-electron chi connectivity index (χ3n) is 2.92. The first-order valence-electron chi connectivity index (χ1n) is 5.94. The van der Waals surface area contributed by atoms with E-state index in [4.69, 9.17) is 0 Å². The largest absolute Gasteiger partial charge is 0.390 e. The van der Waals surface area contributed by atoms with Gasteiger partial charge in [0.25, 0.3) is 0 Å². The highest BCUT2D eigenvalue weighted by molar-refractivity contribution is 4.96. The quantitative estimate of drug-likeness (QED) is 0.634. The Balaban J connectivity index is 1.58. The molecule has 16 heavy (non-hydrogen) atoms. The topological polar surface area (TPSA) is 64.2 Å². The molecule has 5 nitrogen and oxygen atoms in total. The van der Waals surface area contributed by atoms with Crippen LogP contribution in [0.5, 0.6) is 0 Å². The molecule has 0 saturated carbocycles. The molecule has 2 rings (SSSR count). The van der Waals surface area contributed by atoms with Crippen molar-refractivity contribution in [1.29, 1.82) is 0 Å². The Morgan fingerprint density at radius 1 is 1.50 bits per heavy atom. The van der Waals surface area contributed by atoms with Crippen LogP contribution in [0.2, 0.25) is 0 Å². The summed E-state index contributed by atoms with van der Waals surface area (Å²) >= 11 is 0. The number of aromatic nitrogens is 2. The van der Waals surface area contributed by atoms with Crippen LogP contribution in [-0.4, -0.2) is 52.5 Å². The summed E-state index contributed by atoms with van der Waals surface area (Å²) < 4.78 is 0. The Bertz CT molecular complexity index is 282. The van der Waals surface area contributed by atoms with Crippen LogP contribution < -0.4 is 5.32 Å². The molecule has 1 atom stereocenters. The lowest BCUT2D eigenvalue weighted by Crippen LogP contribution is -2.36. The van der Waals surface area contributed by atoms with E-state index in [1.54, 1.807) is 6.20 Å². The average molecular weight is 224 g/mol. The molecular formula is C11H20N4O. The van der Waals surface area contributed by atoms with Gasteiger partial charge in [0.15, 0.2) is 0 Å². The molecule has 1 aromatic rings. The van der Waals surface area contributed by atoms with Crippen molar-refractivity contribution in [3.05, 3.63) is 18.0 Å². The first-order valence-corrected chi connectivity index (χ1v) is 5.94. The number of aromatic amines is 1. The summed E-state index contributed by atoms with van der Waals surface area (Å²) in [5, 5.41) is 19.8. The maximum Gasteiger partial charge on any atom is 0.0791 e. The van der Waals surface area contributed by atoms with E-state index in [9.17, 15) is 5.11 Å². The third kappa shape index (κ3) is 3.59. The van der Waals surface area contributed by atoms with E-state index < -0.39 is 0 Å². The number of rotatable bonds is 6. The molecule has 2 heterocycles. The first kappa shape index (κ1) is 11.6. The Labute approximate surface area is 95.8 Å². The van der Waals surface area contributed by atoms with Gasteiger partial charge in [-0.15, -0.1) is 0 Å². The van der Waals surface area contributed by atoms with Gasteiger partial charge in [0.1, 0.15) is 0 Å². The number of nitrogens with one attached hydrogen (secondary N) is 2. The number of likely N-dealkylation sites (tertiary alicyclic amines) is 1. The van der Waals surface area contributed by atoms with Crippen molar-refractivity contribution < 1.29 is 5.11 Å². The molecule has 3 N–H and O–H groups in total. The summed E-state index contributed by atoms with van der Waals surface area (Å²) in [5.74, 6) is 0. The molecule has 0 aromatic carbocycles. The van der Waals surface area contributed by atoms with E-state index >= 15 is 0 Å². The van der Waals surface area contributed by atoms with Crippen LogP contribution in [-0.2, 0) is 6.54 Å². The van der Waals surface area contributed by atoms with E-state index in [0.29, 0.717) is 6.54 Å². The fraction of sp³-hybridized carbons (Fsp3) is 0.727. The van der Waals surface area contributed by atoms with Crippen LogP contribution in [0.1, 0.15) is 18.5 Å². The molecule has 1 fully saturated rings. The van der Waals surface area contributed by atoms with E-state index in [2.05, 4.69) is 20.4 Å². The van der Waals surface area contributed by atoms with Crippen molar-refractivity contribution in [2.75, 3.05) is 26.2 Å². The zero-order valence-corrected chi connectivity index (χ0v) is 9.52. The van der Waals surface area contributed by atoms with Crippen LogP contribution >= 0.6 is 0 Å². The molecule has 1 unspecified atom stereocenters. The van der Waals surface area contributed by atoms with Gasteiger partial charge in [0, 0.05) is 31.5 Å². The second-order valence-electron chi connectivity index (χ2n) is 4.37. The molecule has 0 bridgehead atoms. The number of nitrogens with zero attached hydrogens (tertiary/aromatic N) is 2. The molecule has 0 aliphatic carbocycles. The van der Waals surface area contributed by atoms with Gasteiger partial charge in [-0.1, -0.05) is 0 Å². The highest BCUT2D eigenvalue weighted by Gasteiger charge is 2.15. The standard InChI is InChI=1S/C11H20N4O/c16-11(9-15-5-1-2-6-15)8-12-7-10-3-4-13-14-10/h3-4,11-12,16H,1-2,5-9H2,(H,13,14). The van der Waals surface area contributed by atoms with Gasteiger partial charge in [-0.2, -0.15) is 5.10 Å². The minimum absolute atomic E-state index is 0.277. The molecule has 1 aliphatic heterocycles. The number of H-pyrrole nitrogens is 1. The number of hydrogen-bond acceptors (Lipinski definition) is 4. The van der Waals surface area contributed by atoms with Crippen molar-refractivity contribution in [2.24, 2.45) is 0 Å². The fourth-order valence-corrected chi connectivity index (χ4v) is 2.08. The van der Waals surface area contributed by atoms with Crippen molar-refractivity contribution in [3.8, 4) is 0 Å². The van der Waals surface area contributed by atoms with Gasteiger partial charge >= 0.3 is 0 Å². The first-order chi connectivity index (χ1) is 7.84. The number of aliphatic hydroxyl groups is 1. The maximum absolute atomic E-state index is 9.81. The lowest BCUT2D eigenvalue weighted by atomic mass is 10.3. The van der Waals surface area contributed by atoms with Gasteiger partial charge in [-0.25, -0.2) is 0 Å². The van der Waals surface area contributed by atoms with Crippen molar-refractivity contribution >= 4 is 0 Å². The van der Waals surface area contributed by atoms with E-state index in [1.165, 1.54) is 12.8 Å². The molecule has 0 spiro atoms. The summed E-state index contributed by atoms with van der Waals surface area (Å²) in [6.45, 7) is 4.43. The summed E-state index contributed by atoms with van der Waals surface area (Å²) in [6.07, 6.45) is 4.00. The second kappa shape index (κ2) is 5.98. The lowest BCUT2D eigenvalue weighted by Gasteiger charge is -2.19. The van der Waals surface area contributed by atoms with Crippen LogP contribution in [0.15, 0.2) is 12.3 Å². The fourth-order valence-electron chi connectivity index (χ4n) is 2.08. The molecule has 0 radical (unpaired) electrons. The van der Waals surface area contributed by atoms with Crippen molar-refractivity contribution in [3.63, 3.8) is 0 Å². The number of β-amino-alcohol motifs (C(OH)–C–C–N with tert-alkyl or cyclic N) is 1. The second-order valence-corrected chi connectivity index (χ2v) is 4.37. The minimum Gasteiger partial charge on any atom is -0.390 e. The monoisotopic (exact) mass is 224 g/mol. The maximum atomic E-state index is 9.81. The van der Waals surface area contributed by atoms with Gasteiger partial charge in [0.2, 0.25) is 0 Å². The summed E-state index contributed by atoms with van der Waals surface area (Å²) in [6, 6.07) is 1.93. The van der Waals surface area contributed by atoms with Crippen LogP contribution in [0, 0.1) is 0 Å². The Morgan fingerprint density at radius 3 is 3.00 bits per heavy atom. The SMILES string of the molecule is OC(CNCc1ccn[nH]1)CN1CCCC1. The van der Waals surface area contributed by atoms with E-state index in [0.717, 1.165) is 31.9 Å². The predicted octanol–water partition coefficient (Wildman–Crippen LogP) is -0.0440. The van der Waals surface area contributed by atoms with Gasteiger partial charge in [0.05, 0.1) is 6.10 Å². The number of hydrogen-bond donors (Lipinski definition) is 3. The molecular weight excluding hydrogens is 204 g/mol. The smallest absolute Gasteiger partial charge is 0.0791 e. The van der Waals surface area contributed by atoms with E-state index in [-0.39, 0.29) is 6.10 Å².